The maximum Gasteiger partial charge on any atom is 0.268 e. The van der Waals surface area contributed by atoms with Gasteiger partial charge < -0.3 is 0 Å². The van der Waals surface area contributed by atoms with E-state index < -0.39 is 0 Å². The third-order valence-electron chi connectivity index (χ3n) is 1.38. The van der Waals surface area contributed by atoms with Crippen LogP contribution in [0.25, 0.3) is 0 Å². The second kappa shape index (κ2) is 3.96. The fourth-order valence-corrected chi connectivity index (χ4v) is 1.32. The van der Waals surface area contributed by atoms with Gasteiger partial charge in [0.2, 0.25) is 0 Å². The Morgan fingerprint density at radius 1 is 1.67 bits per heavy atom. The number of nitrogens with zero attached hydrogens (tertiary/aromatic N) is 2. The van der Waals surface area contributed by atoms with E-state index in [1.807, 2.05) is 13.8 Å². The zero-order valence-corrected chi connectivity index (χ0v) is 8.39. The van der Waals surface area contributed by atoms with Gasteiger partial charge in [0.15, 0.2) is 0 Å². The molecule has 0 N–H and O–H groups in total. The number of halogens is 1. The molecule has 0 saturated heterocycles. The molecule has 0 aliphatic carbocycles. The van der Waals surface area contributed by atoms with Crippen molar-refractivity contribution >= 4 is 21.7 Å². The molecule has 0 atom stereocenters. The maximum absolute atomic E-state index is 11.3. The molecular weight excluding hydrogens is 196 g/mol. The quantitative estimate of drug-likeness (QED) is 0.740. The summed E-state index contributed by atoms with van der Waals surface area (Å²) < 4.78 is 1.41. The van der Waals surface area contributed by atoms with Crippen molar-refractivity contribution in [2.24, 2.45) is 0 Å². The van der Waals surface area contributed by atoms with E-state index in [4.69, 9.17) is 10.7 Å². The van der Waals surface area contributed by atoms with Gasteiger partial charge in [0, 0.05) is 11.0 Å². The lowest BCUT2D eigenvalue weighted by Crippen LogP contribution is -2.23. The molecule has 0 amide bonds. The molecular formula is C7H9ClN2OS. The summed E-state index contributed by atoms with van der Waals surface area (Å²) in [6.07, 6.45) is 1.58. The topological polar surface area (TPSA) is 34.9 Å². The van der Waals surface area contributed by atoms with E-state index in [0.29, 0.717) is 4.90 Å². The molecule has 1 rings (SSSR count). The average Bonchev–Trinajstić information content (AvgIpc) is 2.03. The number of rotatable bonds is 2. The lowest BCUT2D eigenvalue weighted by atomic mass is 10.4. The van der Waals surface area contributed by atoms with Gasteiger partial charge in [0.25, 0.3) is 5.56 Å². The summed E-state index contributed by atoms with van der Waals surface area (Å²) in [4.78, 5) is 11.9. The highest BCUT2D eigenvalue weighted by Crippen LogP contribution is 2.18. The van der Waals surface area contributed by atoms with Crippen molar-refractivity contribution < 1.29 is 0 Å². The van der Waals surface area contributed by atoms with Gasteiger partial charge in [0.05, 0.1) is 12.2 Å². The van der Waals surface area contributed by atoms with E-state index in [1.54, 1.807) is 6.20 Å². The van der Waals surface area contributed by atoms with Crippen molar-refractivity contribution in [3.8, 4) is 0 Å². The summed E-state index contributed by atoms with van der Waals surface area (Å²) in [5.74, 6) is 0. The Morgan fingerprint density at radius 2 is 2.33 bits per heavy atom. The number of aromatic nitrogens is 2. The second-order valence-corrected chi connectivity index (χ2v) is 3.73. The Morgan fingerprint density at radius 3 is 2.75 bits per heavy atom. The van der Waals surface area contributed by atoms with Crippen LogP contribution in [0.1, 0.15) is 19.9 Å². The molecule has 0 saturated carbocycles. The SMILES string of the molecule is CC(C)n1ncc(SCl)cc1=O. The van der Waals surface area contributed by atoms with Crippen LogP contribution in [-0.4, -0.2) is 9.78 Å². The van der Waals surface area contributed by atoms with Crippen molar-refractivity contribution in [2.45, 2.75) is 24.8 Å². The summed E-state index contributed by atoms with van der Waals surface area (Å²) in [6, 6.07) is 1.57. The molecule has 12 heavy (non-hydrogen) atoms. The molecule has 66 valence electrons. The van der Waals surface area contributed by atoms with Crippen LogP contribution in [0.2, 0.25) is 0 Å². The Balaban J connectivity index is 3.12. The lowest BCUT2D eigenvalue weighted by Gasteiger charge is -2.06. The summed E-state index contributed by atoms with van der Waals surface area (Å²) >= 11 is 0. The van der Waals surface area contributed by atoms with Crippen molar-refractivity contribution in [3.05, 3.63) is 22.6 Å². The zero-order valence-electron chi connectivity index (χ0n) is 6.82. The molecule has 0 radical (unpaired) electrons. The molecule has 0 aromatic carbocycles. The van der Waals surface area contributed by atoms with Crippen molar-refractivity contribution in [2.75, 3.05) is 0 Å². The summed E-state index contributed by atoms with van der Waals surface area (Å²) in [7, 11) is 6.46. The van der Waals surface area contributed by atoms with Gasteiger partial charge in [-0.1, -0.05) is 0 Å². The maximum atomic E-state index is 11.3. The third kappa shape index (κ3) is 2.01. The molecule has 3 nitrogen and oxygen atoms in total. The first-order valence-corrected chi connectivity index (χ1v) is 5.17. The van der Waals surface area contributed by atoms with Gasteiger partial charge in [-0.05, 0) is 35.5 Å². The largest absolute Gasteiger partial charge is 0.268 e. The molecule has 0 fully saturated rings. The number of hydrogen-bond acceptors (Lipinski definition) is 3. The molecule has 1 aromatic heterocycles. The van der Waals surface area contributed by atoms with Gasteiger partial charge in [0.1, 0.15) is 0 Å². The van der Waals surface area contributed by atoms with Crippen LogP contribution in [0.15, 0.2) is 22.0 Å². The minimum atomic E-state index is -0.115. The first kappa shape index (κ1) is 9.61. The van der Waals surface area contributed by atoms with Gasteiger partial charge in [-0.25, -0.2) is 4.68 Å². The Kier molecular flexibility index (Phi) is 3.17. The zero-order chi connectivity index (χ0) is 9.14. The fourth-order valence-electron chi connectivity index (χ4n) is 0.831. The Hall–Kier alpha value is -0.480. The lowest BCUT2D eigenvalue weighted by molar-refractivity contribution is 0.498. The molecule has 5 heteroatoms. The highest BCUT2D eigenvalue weighted by molar-refractivity contribution is 8.21. The summed E-state index contributed by atoms with van der Waals surface area (Å²) in [6.45, 7) is 3.81. The van der Waals surface area contributed by atoms with E-state index in [-0.39, 0.29) is 11.6 Å². The molecule has 0 aliphatic heterocycles. The fraction of sp³-hybridized carbons (Fsp3) is 0.429. The minimum absolute atomic E-state index is 0.0897. The first-order valence-electron chi connectivity index (χ1n) is 3.52. The van der Waals surface area contributed by atoms with E-state index in [0.717, 1.165) is 11.0 Å². The van der Waals surface area contributed by atoms with Crippen LogP contribution in [0.4, 0.5) is 0 Å². The second-order valence-electron chi connectivity index (χ2n) is 2.64. The first-order chi connectivity index (χ1) is 5.65. The molecule has 0 aliphatic rings. The van der Waals surface area contributed by atoms with E-state index >= 15 is 0 Å². The molecule has 0 bridgehead atoms. The Labute approximate surface area is 79.2 Å². The van der Waals surface area contributed by atoms with Gasteiger partial charge in [-0.2, -0.15) is 5.10 Å². The highest BCUT2D eigenvalue weighted by Gasteiger charge is 2.02. The van der Waals surface area contributed by atoms with E-state index in [2.05, 4.69) is 5.10 Å². The molecule has 0 unspecified atom stereocenters. The third-order valence-corrected chi connectivity index (χ3v) is 2.32. The monoisotopic (exact) mass is 204 g/mol. The van der Waals surface area contributed by atoms with Gasteiger partial charge in [-0.3, -0.25) is 4.79 Å². The summed E-state index contributed by atoms with van der Waals surface area (Å²) in [5.41, 5.74) is -0.115. The number of hydrogen-bond donors (Lipinski definition) is 0. The highest BCUT2D eigenvalue weighted by atomic mass is 35.7. The van der Waals surface area contributed by atoms with Gasteiger partial charge >= 0.3 is 0 Å². The molecule has 1 aromatic rings. The van der Waals surface area contributed by atoms with Crippen LogP contribution in [0.3, 0.4) is 0 Å². The van der Waals surface area contributed by atoms with E-state index in [9.17, 15) is 4.79 Å². The molecule has 1 heterocycles. The van der Waals surface area contributed by atoms with Gasteiger partial charge in [-0.15, -0.1) is 0 Å². The molecule has 0 spiro atoms. The predicted octanol–water partition coefficient (Wildman–Crippen LogP) is 2.07. The smallest absolute Gasteiger partial charge is 0.268 e. The van der Waals surface area contributed by atoms with E-state index in [1.165, 1.54) is 10.7 Å². The van der Waals surface area contributed by atoms with Crippen LogP contribution < -0.4 is 5.56 Å². The standard InChI is InChI=1S/C7H9ClN2OS/c1-5(2)10-7(11)3-6(12-8)4-9-10/h3-5H,1-2H3. The van der Waals surface area contributed by atoms with Crippen LogP contribution in [0, 0.1) is 0 Å². The minimum Gasteiger partial charge on any atom is -0.268 e. The van der Waals surface area contributed by atoms with Crippen LogP contribution in [0.5, 0.6) is 0 Å². The summed E-state index contributed by atoms with van der Waals surface area (Å²) in [5, 5.41) is 3.95. The Bertz CT molecular complexity index is 323. The van der Waals surface area contributed by atoms with Crippen LogP contribution >= 0.6 is 21.7 Å². The van der Waals surface area contributed by atoms with Crippen molar-refractivity contribution in [1.82, 2.24) is 9.78 Å². The van der Waals surface area contributed by atoms with Crippen LogP contribution in [-0.2, 0) is 0 Å². The average molecular weight is 205 g/mol. The van der Waals surface area contributed by atoms with Crippen molar-refractivity contribution in [3.63, 3.8) is 0 Å². The normalized spacial score (nSPS) is 10.7. The van der Waals surface area contributed by atoms with Crippen molar-refractivity contribution in [1.29, 1.82) is 0 Å². The predicted molar refractivity (Wildman–Crippen MR) is 50.6 cm³/mol.